The molecule has 0 unspecified atom stereocenters. The molecule has 0 saturated heterocycles. The summed E-state index contributed by atoms with van der Waals surface area (Å²) >= 11 is 0. The van der Waals surface area contributed by atoms with Crippen molar-refractivity contribution >= 4 is 5.97 Å². The molecule has 2 heteroatoms. The van der Waals surface area contributed by atoms with Crippen molar-refractivity contribution in [3.05, 3.63) is 59.7 Å². The highest BCUT2D eigenvalue weighted by atomic mass is 16.4. The maximum atomic E-state index is 9.37. The molecule has 0 spiro atoms. The molecular weight excluding hydrogens is 224 g/mol. The molecule has 2 nitrogen and oxygen atoms in total. The first-order valence-electron chi connectivity index (χ1n) is 6.10. The highest BCUT2D eigenvalue weighted by Gasteiger charge is 2.15. The molecule has 1 aliphatic rings. The van der Waals surface area contributed by atoms with Crippen LogP contribution in [0.4, 0.5) is 0 Å². The second kappa shape index (κ2) is 5.50. The molecule has 3 rings (SSSR count). The molecule has 2 aromatic carbocycles. The first kappa shape index (κ1) is 12.4. The molecule has 0 heterocycles. The van der Waals surface area contributed by atoms with Gasteiger partial charge in [0, 0.05) is 6.42 Å². The number of hydrogen-bond acceptors (Lipinski definition) is 1. The summed E-state index contributed by atoms with van der Waals surface area (Å²) in [5.74, 6) is -0.745. The van der Waals surface area contributed by atoms with Gasteiger partial charge < -0.3 is 5.11 Å². The smallest absolute Gasteiger partial charge is 0.303 e. The van der Waals surface area contributed by atoms with Gasteiger partial charge in [-0.1, -0.05) is 55.5 Å². The van der Waals surface area contributed by atoms with E-state index in [0.29, 0.717) is 0 Å². The first-order valence-corrected chi connectivity index (χ1v) is 6.10. The summed E-state index contributed by atoms with van der Waals surface area (Å²) in [7, 11) is 0. The standard InChI is InChI=1S/C13H10.C3H6O2/c1-3-7-12-10(5-1)9-11-6-2-4-8-13(11)12;1-2-3(4)5/h1-8H,9H2;2H2,1H3,(H,4,5). The summed E-state index contributed by atoms with van der Waals surface area (Å²) in [5.41, 5.74) is 5.75. The Balaban J connectivity index is 0.000000209. The Labute approximate surface area is 107 Å². The predicted molar refractivity (Wildman–Crippen MR) is 72.6 cm³/mol. The Hall–Kier alpha value is -2.09. The van der Waals surface area contributed by atoms with Crippen LogP contribution in [0.15, 0.2) is 48.5 Å². The third kappa shape index (κ3) is 2.59. The quantitative estimate of drug-likeness (QED) is 0.703. The summed E-state index contributed by atoms with van der Waals surface area (Å²) in [6.07, 6.45) is 1.33. The Morgan fingerprint density at radius 2 is 1.39 bits per heavy atom. The van der Waals surface area contributed by atoms with Crippen molar-refractivity contribution in [2.24, 2.45) is 0 Å². The molecule has 0 radical (unpaired) electrons. The van der Waals surface area contributed by atoms with E-state index in [-0.39, 0.29) is 6.42 Å². The van der Waals surface area contributed by atoms with Gasteiger partial charge in [0.2, 0.25) is 0 Å². The van der Waals surface area contributed by atoms with E-state index in [9.17, 15) is 4.79 Å². The van der Waals surface area contributed by atoms with Crippen LogP contribution in [0, 0.1) is 0 Å². The minimum Gasteiger partial charge on any atom is -0.481 e. The van der Waals surface area contributed by atoms with Crippen molar-refractivity contribution in [1.82, 2.24) is 0 Å². The van der Waals surface area contributed by atoms with Gasteiger partial charge in [0.1, 0.15) is 0 Å². The van der Waals surface area contributed by atoms with Gasteiger partial charge in [-0.15, -0.1) is 0 Å². The zero-order valence-electron chi connectivity index (χ0n) is 10.4. The zero-order chi connectivity index (χ0) is 13.0. The van der Waals surface area contributed by atoms with Gasteiger partial charge in [-0.3, -0.25) is 4.79 Å². The summed E-state index contributed by atoms with van der Waals surface area (Å²) in [5, 5.41) is 7.72. The fraction of sp³-hybridized carbons (Fsp3) is 0.188. The van der Waals surface area contributed by atoms with Crippen LogP contribution in [0.3, 0.4) is 0 Å². The topological polar surface area (TPSA) is 37.3 Å². The third-order valence-electron chi connectivity index (χ3n) is 3.01. The number of aliphatic carboxylic acids is 1. The number of carbonyl (C=O) groups is 1. The SMILES string of the molecule is CCC(=O)O.c1ccc2c(c1)Cc1ccccc1-2. The summed E-state index contributed by atoms with van der Waals surface area (Å²) < 4.78 is 0. The van der Waals surface area contributed by atoms with E-state index in [2.05, 4.69) is 48.5 Å². The summed E-state index contributed by atoms with van der Waals surface area (Å²) in [4.78, 5) is 9.37. The fourth-order valence-corrected chi connectivity index (χ4v) is 2.08. The van der Waals surface area contributed by atoms with E-state index >= 15 is 0 Å². The van der Waals surface area contributed by atoms with Gasteiger partial charge in [0.25, 0.3) is 0 Å². The predicted octanol–water partition coefficient (Wildman–Crippen LogP) is 3.74. The molecule has 92 valence electrons. The van der Waals surface area contributed by atoms with E-state index in [0.717, 1.165) is 6.42 Å². The van der Waals surface area contributed by atoms with E-state index in [1.807, 2.05) is 0 Å². The minimum absolute atomic E-state index is 0.222. The van der Waals surface area contributed by atoms with Crippen LogP contribution >= 0.6 is 0 Å². The normalized spacial score (nSPS) is 10.9. The molecule has 1 aliphatic carbocycles. The van der Waals surface area contributed by atoms with Crippen molar-refractivity contribution in [2.75, 3.05) is 0 Å². The number of carboxylic acids is 1. The van der Waals surface area contributed by atoms with E-state index in [1.54, 1.807) is 6.92 Å². The maximum absolute atomic E-state index is 9.37. The van der Waals surface area contributed by atoms with E-state index in [4.69, 9.17) is 5.11 Å². The Morgan fingerprint density at radius 3 is 1.78 bits per heavy atom. The average molecular weight is 240 g/mol. The van der Waals surface area contributed by atoms with Crippen molar-refractivity contribution < 1.29 is 9.90 Å². The molecule has 0 amide bonds. The van der Waals surface area contributed by atoms with Gasteiger partial charge in [0.15, 0.2) is 0 Å². The molecule has 1 N–H and O–H groups in total. The Bertz CT molecular complexity index is 515. The molecule has 0 aliphatic heterocycles. The number of carboxylic acid groups (broad SMARTS) is 1. The van der Waals surface area contributed by atoms with Gasteiger partial charge in [-0.05, 0) is 28.7 Å². The lowest BCUT2D eigenvalue weighted by atomic mass is 10.1. The number of benzene rings is 2. The van der Waals surface area contributed by atoms with E-state index < -0.39 is 5.97 Å². The highest BCUT2D eigenvalue weighted by Crippen LogP contribution is 2.35. The largest absolute Gasteiger partial charge is 0.481 e. The van der Waals surface area contributed by atoms with Crippen LogP contribution in [0.1, 0.15) is 24.5 Å². The number of fused-ring (bicyclic) bond motifs is 3. The molecule has 18 heavy (non-hydrogen) atoms. The molecule has 0 bridgehead atoms. The van der Waals surface area contributed by atoms with Gasteiger partial charge in [-0.25, -0.2) is 0 Å². The van der Waals surface area contributed by atoms with Crippen LogP contribution in [-0.4, -0.2) is 11.1 Å². The number of hydrogen-bond donors (Lipinski definition) is 1. The molecule has 0 aromatic heterocycles. The lowest BCUT2D eigenvalue weighted by Gasteiger charge is -1.98. The highest BCUT2D eigenvalue weighted by molar-refractivity contribution is 5.76. The van der Waals surface area contributed by atoms with Crippen LogP contribution in [0.25, 0.3) is 11.1 Å². The van der Waals surface area contributed by atoms with Crippen molar-refractivity contribution in [3.8, 4) is 11.1 Å². The lowest BCUT2D eigenvalue weighted by molar-refractivity contribution is -0.136. The van der Waals surface area contributed by atoms with E-state index in [1.165, 1.54) is 22.3 Å². The molecule has 0 atom stereocenters. The van der Waals surface area contributed by atoms with Gasteiger partial charge in [-0.2, -0.15) is 0 Å². The van der Waals surface area contributed by atoms with Crippen LogP contribution < -0.4 is 0 Å². The second-order valence-corrected chi connectivity index (χ2v) is 4.24. The van der Waals surface area contributed by atoms with Crippen LogP contribution in [0.2, 0.25) is 0 Å². The summed E-state index contributed by atoms with van der Waals surface area (Å²) in [6, 6.07) is 17.3. The third-order valence-corrected chi connectivity index (χ3v) is 3.01. The molecule has 0 fully saturated rings. The van der Waals surface area contributed by atoms with Gasteiger partial charge in [0.05, 0.1) is 0 Å². The maximum Gasteiger partial charge on any atom is 0.303 e. The minimum atomic E-state index is -0.745. The van der Waals surface area contributed by atoms with Crippen LogP contribution in [0.5, 0.6) is 0 Å². The summed E-state index contributed by atoms with van der Waals surface area (Å²) in [6.45, 7) is 1.60. The monoisotopic (exact) mass is 240 g/mol. The van der Waals surface area contributed by atoms with Crippen molar-refractivity contribution in [2.45, 2.75) is 19.8 Å². The average Bonchev–Trinajstić information content (AvgIpc) is 2.78. The Morgan fingerprint density at radius 1 is 1.00 bits per heavy atom. The molecule has 0 saturated carbocycles. The fourth-order valence-electron chi connectivity index (χ4n) is 2.08. The lowest BCUT2D eigenvalue weighted by Crippen LogP contribution is -1.86. The molecule has 2 aromatic rings. The van der Waals surface area contributed by atoms with Crippen molar-refractivity contribution in [1.29, 1.82) is 0 Å². The van der Waals surface area contributed by atoms with Crippen LogP contribution in [-0.2, 0) is 11.2 Å². The Kier molecular flexibility index (Phi) is 3.78. The van der Waals surface area contributed by atoms with Crippen molar-refractivity contribution in [3.63, 3.8) is 0 Å². The zero-order valence-corrected chi connectivity index (χ0v) is 10.4. The molecular formula is C16H16O2. The van der Waals surface area contributed by atoms with Gasteiger partial charge >= 0.3 is 5.97 Å². The first-order chi connectivity index (χ1) is 8.72. The number of rotatable bonds is 1. The second-order valence-electron chi connectivity index (χ2n) is 4.24.